The fraction of sp³-hybridized carbons (Fsp3) is 0.0833. The van der Waals surface area contributed by atoms with Gasteiger partial charge in [-0.1, -0.05) is 24.3 Å². The minimum absolute atomic E-state index is 0.00925. The zero-order valence-corrected chi connectivity index (χ0v) is 18.3. The van der Waals surface area contributed by atoms with E-state index in [9.17, 15) is 18.0 Å². The monoisotopic (exact) mass is 465 g/mol. The molecule has 168 valence electrons. The number of carbonyl (C=O) groups excluding carboxylic acids is 2. The van der Waals surface area contributed by atoms with Crippen LogP contribution in [0, 0.1) is 0 Å². The molecule has 0 unspecified atom stereocenters. The van der Waals surface area contributed by atoms with E-state index in [1.807, 2.05) is 6.07 Å². The zero-order valence-electron chi connectivity index (χ0n) is 17.5. The number of ketones is 1. The molecule has 1 aromatic heterocycles. The topological polar surface area (TPSA) is 112 Å². The van der Waals surface area contributed by atoms with E-state index in [2.05, 4.69) is 4.72 Å². The molecule has 0 amide bonds. The van der Waals surface area contributed by atoms with Gasteiger partial charge in [0.05, 0.1) is 17.6 Å². The van der Waals surface area contributed by atoms with Crippen molar-refractivity contribution >= 4 is 38.4 Å². The van der Waals surface area contributed by atoms with Crippen LogP contribution in [-0.4, -0.2) is 33.9 Å². The molecule has 8 nitrogen and oxygen atoms in total. The first-order chi connectivity index (χ1) is 15.9. The van der Waals surface area contributed by atoms with Crippen LogP contribution in [0.3, 0.4) is 0 Å². The van der Waals surface area contributed by atoms with Crippen molar-refractivity contribution < 1.29 is 31.9 Å². The van der Waals surface area contributed by atoms with Crippen molar-refractivity contribution in [1.29, 1.82) is 0 Å². The molecule has 0 bridgehead atoms. The lowest BCUT2D eigenvalue weighted by Crippen LogP contribution is -2.16. The quantitative estimate of drug-likeness (QED) is 0.305. The largest absolute Gasteiger partial charge is 0.497 e. The molecule has 3 aromatic carbocycles. The van der Waals surface area contributed by atoms with E-state index in [-0.39, 0.29) is 16.2 Å². The van der Waals surface area contributed by atoms with Crippen molar-refractivity contribution in [1.82, 2.24) is 0 Å². The van der Waals surface area contributed by atoms with Crippen LogP contribution >= 0.6 is 0 Å². The molecule has 0 saturated carbocycles. The van der Waals surface area contributed by atoms with Crippen molar-refractivity contribution in [2.24, 2.45) is 0 Å². The molecule has 0 radical (unpaired) electrons. The number of hydrogen-bond donors (Lipinski definition) is 1. The van der Waals surface area contributed by atoms with Gasteiger partial charge in [0.1, 0.15) is 11.3 Å². The molecule has 4 aromatic rings. The van der Waals surface area contributed by atoms with Crippen LogP contribution in [-0.2, 0) is 14.8 Å². The van der Waals surface area contributed by atoms with Crippen molar-refractivity contribution in [3.63, 3.8) is 0 Å². The molecule has 1 N–H and O–H groups in total. The molecule has 9 heteroatoms. The summed E-state index contributed by atoms with van der Waals surface area (Å²) in [5.74, 6) is -0.686. The van der Waals surface area contributed by atoms with Gasteiger partial charge in [-0.3, -0.25) is 9.52 Å². The number of nitrogens with one attached hydrogen (secondary N) is 1. The summed E-state index contributed by atoms with van der Waals surface area (Å²) in [5, 5.41) is 0.759. The third-order valence-corrected chi connectivity index (χ3v) is 6.14. The molecule has 4 rings (SSSR count). The maximum Gasteiger partial charge on any atom is 0.338 e. The van der Waals surface area contributed by atoms with Gasteiger partial charge < -0.3 is 13.9 Å². The SMILES string of the molecule is COc1ccc(NS(=O)(=O)c2cccc(C(=O)OCC(=O)c3cc4ccccc4o3)c2)cc1. The lowest BCUT2D eigenvalue weighted by molar-refractivity contribution is 0.0468. The zero-order chi connectivity index (χ0) is 23.4. The smallest absolute Gasteiger partial charge is 0.338 e. The van der Waals surface area contributed by atoms with Gasteiger partial charge in [0, 0.05) is 11.1 Å². The number of para-hydroxylation sites is 1. The number of furan rings is 1. The lowest BCUT2D eigenvalue weighted by Gasteiger charge is -2.10. The minimum atomic E-state index is -3.96. The van der Waals surface area contributed by atoms with E-state index >= 15 is 0 Å². The summed E-state index contributed by atoms with van der Waals surface area (Å²) in [4.78, 5) is 24.6. The van der Waals surface area contributed by atoms with E-state index in [1.54, 1.807) is 48.5 Å². The summed E-state index contributed by atoms with van der Waals surface area (Å²) in [6, 6.07) is 20.4. The second-order valence-electron chi connectivity index (χ2n) is 7.01. The fourth-order valence-corrected chi connectivity index (χ4v) is 4.17. The fourth-order valence-electron chi connectivity index (χ4n) is 3.07. The maximum absolute atomic E-state index is 12.7. The number of anilines is 1. The van der Waals surface area contributed by atoms with Crippen molar-refractivity contribution in [3.8, 4) is 5.75 Å². The van der Waals surface area contributed by atoms with Gasteiger partial charge in [-0.05, 0) is 54.6 Å². The average molecular weight is 465 g/mol. The highest BCUT2D eigenvalue weighted by Gasteiger charge is 2.19. The first-order valence-electron chi connectivity index (χ1n) is 9.81. The van der Waals surface area contributed by atoms with Gasteiger partial charge in [0.2, 0.25) is 5.78 Å². The highest BCUT2D eigenvalue weighted by Crippen LogP contribution is 2.21. The Morgan fingerprint density at radius 3 is 2.42 bits per heavy atom. The van der Waals surface area contributed by atoms with E-state index in [1.165, 1.54) is 31.4 Å². The van der Waals surface area contributed by atoms with E-state index in [0.29, 0.717) is 17.0 Å². The van der Waals surface area contributed by atoms with E-state index < -0.39 is 28.4 Å². The number of sulfonamides is 1. The van der Waals surface area contributed by atoms with Crippen molar-refractivity contribution in [2.45, 2.75) is 4.90 Å². The van der Waals surface area contributed by atoms with Gasteiger partial charge in [-0.2, -0.15) is 0 Å². The summed E-state index contributed by atoms with van der Waals surface area (Å²) >= 11 is 0. The van der Waals surface area contributed by atoms with Crippen LogP contribution in [0.4, 0.5) is 5.69 Å². The molecule has 0 fully saturated rings. The third kappa shape index (κ3) is 5.04. The van der Waals surface area contributed by atoms with Crippen LogP contribution in [0.25, 0.3) is 11.0 Å². The standard InChI is InChI=1S/C24H19NO7S/c1-30-19-11-9-18(10-12-19)25-33(28,29)20-7-4-6-17(13-20)24(27)31-15-21(26)23-14-16-5-2-3-8-22(16)32-23/h2-14,25H,15H2,1H3. The molecule has 0 aliphatic heterocycles. The number of hydrogen-bond acceptors (Lipinski definition) is 7. The van der Waals surface area contributed by atoms with Gasteiger partial charge >= 0.3 is 5.97 Å². The first-order valence-corrected chi connectivity index (χ1v) is 11.3. The van der Waals surface area contributed by atoms with Crippen LogP contribution < -0.4 is 9.46 Å². The predicted octanol–water partition coefficient (Wildman–Crippen LogP) is 4.28. The van der Waals surface area contributed by atoms with E-state index in [0.717, 1.165) is 5.39 Å². The maximum atomic E-state index is 12.7. The Balaban J connectivity index is 1.43. The Kier molecular flexibility index (Phi) is 6.14. The molecule has 0 aliphatic carbocycles. The Bertz CT molecular complexity index is 1390. The molecule has 0 aliphatic rings. The van der Waals surface area contributed by atoms with Gasteiger partial charge in [-0.15, -0.1) is 0 Å². The molecule has 0 saturated heterocycles. The summed E-state index contributed by atoms with van der Waals surface area (Å²) in [6.07, 6.45) is 0. The van der Waals surface area contributed by atoms with Crippen LogP contribution in [0.15, 0.2) is 88.2 Å². The normalized spacial score (nSPS) is 11.2. The molecule has 1 heterocycles. The van der Waals surface area contributed by atoms with Gasteiger partial charge in [0.15, 0.2) is 12.4 Å². The van der Waals surface area contributed by atoms with Crippen LogP contribution in [0.2, 0.25) is 0 Å². The second kappa shape index (κ2) is 9.17. The Morgan fingerprint density at radius 2 is 1.70 bits per heavy atom. The van der Waals surface area contributed by atoms with Crippen LogP contribution in [0.5, 0.6) is 5.75 Å². The average Bonchev–Trinajstić information content (AvgIpc) is 3.27. The number of Topliss-reactive ketones (excluding diaryl/α,β-unsaturated/α-hetero) is 1. The number of benzene rings is 3. The number of methoxy groups -OCH3 is 1. The van der Waals surface area contributed by atoms with Crippen LogP contribution in [0.1, 0.15) is 20.9 Å². The van der Waals surface area contributed by atoms with Gasteiger partial charge in [-0.25, -0.2) is 13.2 Å². The third-order valence-electron chi connectivity index (χ3n) is 4.76. The number of rotatable bonds is 8. The summed E-state index contributed by atoms with van der Waals surface area (Å²) in [5.41, 5.74) is 0.875. The Hall–Kier alpha value is -4.11. The molecule has 0 atom stereocenters. The Morgan fingerprint density at radius 1 is 0.939 bits per heavy atom. The number of ether oxygens (including phenoxy) is 2. The summed E-state index contributed by atoms with van der Waals surface area (Å²) < 4.78 is 43.4. The molecule has 33 heavy (non-hydrogen) atoms. The second-order valence-corrected chi connectivity index (χ2v) is 8.69. The molecular formula is C24H19NO7S. The summed E-state index contributed by atoms with van der Waals surface area (Å²) in [6.45, 7) is -0.542. The lowest BCUT2D eigenvalue weighted by atomic mass is 10.2. The minimum Gasteiger partial charge on any atom is -0.497 e. The number of fused-ring (bicyclic) bond motifs is 1. The van der Waals surface area contributed by atoms with Crippen molar-refractivity contribution in [3.05, 3.63) is 90.2 Å². The highest BCUT2D eigenvalue weighted by molar-refractivity contribution is 7.92. The first kappa shape index (κ1) is 22.1. The highest BCUT2D eigenvalue weighted by atomic mass is 32.2. The predicted molar refractivity (Wildman–Crippen MR) is 121 cm³/mol. The molecular weight excluding hydrogens is 446 g/mol. The van der Waals surface area contributed by atoms with Crippen molar-refractivity contribution in [2.75, 3.05) is 18.4 Å². The number of esters is 1. The van der Waals surface area contributed by atoms with Gasteiger partial charge in [0.25, 0.3) is 10.0 Å². The Labute approximate surface area is 189 Å². The number of carbonyl (C=O) groups is 2. The molecule has 0 spiro atoms. The van der Waals surface area contributed by atoms with E-state index in [4.69, 9.17) is 13.9 Å². The summed E-state index contributed by atoms with van der Waals surface area (Å²) in [7, 11) is -2.45.